The first-order valence-electron chi connectivity index (χ1n) is 3.08. The van der Waals surface area contributed by atoms with Gasteiger partial charge in [0.25, 0.3) is 0 Å². The maximum Gasteiger partial charge on any atom is 0.209 e. The first-order chi connectivity index (χ1) is 4.49. The predicted molar refractivity (Wildman–Crippen MR) is 37.2 cm³/mol. The van der Waals surface area contributed by atoms with Crippen molar-refractivity contribution >= 4 is 10.0 Å². The largest absolute Gasteiger partial charge is 0.371 e. The minimum absolute atomic E-state index is 0.0880. The van der Waals surface area contributed by atoms with Gasteiger partial charge in [-0.3, -0.25) is 0 Å². The molecule has 4 nitrogen and oxygen atoms in total. The summed E-state index contributed by atoms with van der Waals surface area (Å²) in [5.41, 5.74) is 0. The summed E-state index contributed by atoms with van der Waals surface area (Å²) in [5, 5.41) is 0. The van der Waals surface area contributed by atoms with Crippen molar-refractivity contribution in [2.75, 3.05) is 12.9 Å². The molecule has 2 atom stereocenters. The Balaban J connectivity index is 2.37. The van der Waals surface area contributed by atoms with E-state index in [-0.39, 0.29) is 12.1 Å². The first kappa shape index (κ1) is 7.97. The minimum atomic E-state index is -3.06. The van der Waals surface area contributed by atoms with E-state index >= 15 is 0 Å². The zero-order valence-corrected chi connectivity index (χ0v) is 6.81. The van der Waals surface area contributed by atoms with Gasteiger partial charge in [-0.1, -0.05) is 0 Å². The summed E-state index contributed by atoms with van der Waals surface area (Å²) in [6.45, 7) is 2.46. The van der Waals surface area contributed by atoms with E-state index in [1.807, 2.05) is 0 Å². The van der Waals surface area contributed by atoms with Crippen molar-refractivity contribution < 1.29 is 13.2 Å². The fourth-order valence-electron chi connectivity index (χ4n) is 0.758. The number of sulfonamides is 1. The monoisotopic (exact) mass is 165 g/mol. The number of ether oxygens (including phenoxy) is 1. The van der Waals surface area contributed by atoms with Crippen LogP contribution in [0, 0.1) is 0 Å². The molecule has 0 bridgehead atoms. The Labute approximate surface area is 60.6 Å². The molecular formula is C5H11NO3S. The Morgan fingerprint density at radius 1 is 1.70 bits per heavy atom. The number of rotatable bonds is 3. The molecule has 0 spiro atoms. The highest BCUT2D eigenvalue weighted by Gasteiger charge is 2.30. The quantitative estimate of drug-likeness (QED) is 0.564. The molecule has 1 aliphatic heterocycles. The fourth-order valence-corrected chi connectivity index (χ4v) is 1.58. The molecule has 60 valence electrons. The van der Waals surface area contributed by atoms with Crippen molar-refractivity contribution in [3.05, 3.63) is 0 Å². The molecule has 1 heterocycles. The van der Waals surface area contributed by atoms with Crippen LogP contribution >= 0.6 is 0 Å². The normalized spacial score (nSPS) is 28.0. The van der Waals surface area contributed by atoms with Gasteiger partial charge < -0.3 is 4.74 Å². The Bertz CT molecular complexity index is 207. The average Bonchev–Trinajstić information content (AvgIpc) is 2.35. The molecular weight excluding hydrogens is 154 g/mol. The maximum absolute atomic E-state index is 10.6. The van der Waals surface area contributed by atoms with Gasteiger partial charge in [-0.2, -0.15) is 0 Å². The lowest BCUT2D eigenvalue weighted by molar-refractivity contribution is 0.371. The summed E-state index contributed by atoms with van der Waals surface area (Å²) in [5.74, 6) is 0. The second-order valence-corrected chi connectivity index (χ2v) is 4.33. The van der Waals surface area contributed by atoms with Crippen molar-refractivity contribution in [1.29, 1.82) is 0 Å². The fraction of sp³-hybridized carbons (Fsp3) is 1.00. The molecule has 1 rings (SSSR count). The van der Waals surface area contributed by atoms with Gasteiger partial charge in [-0.05, 0) is 6.92 Å². The molecule has 1 N–H and O–H groups in total. The van der Waals surface area contributed by atoms with Gasteiger partial charge in [0.05, 0.1) is 19.0 Å². The van der Waals surface area contributed by atoms with Crippen molar-refractivity contribution in [2.45, 2.75) is 19.1 Å². The van der Waals surface area contributed by atoms with Gasteiger partial charge in [-0.25, -0.2) is 13.1 Å². The third kappa shape index (κ3) is 2.64. The van der Waals surface area contributed by atoms with Gasteiger partial charge >= 0.3 is 0 Å². The summed E-state index contributed by atoms with van der Waals surface area (Å²) in [4.78, 5) is 0. The molecule has 1 aliphatic rings. The van der Waals surface area contributed by atoms with E-state index in [1.54, 1.807) is 6.92 Å². The second-order valence-electron chi connectivity index (χ2n) is 2.55. The maximum atomic E-state index is 10.6. The van der Waals surface area contributed by atoms with Gasteiger partial charge in [0.15, 0.2) is 0 Å². The van der Waals surface area contributed by atoms with Crippen molar-refractivity contribution in [3.63, 3.8) is 0 Å². The highest BCUT2D eigenvalue weighted by molar-refractivity contribution is 7.88. The molecule has 10 heavy (non-hydrogen) atoms. The Morgan fingerprint density at radius 2 is 2.20 bits per heavy atom. The van der Waals surface area contributed by atoms with Crippen molar-refractivity contribution in [3.8, 4) is 0 Å². The average molecular weight is 165 g/mol. The molecule has 0 aromatic carbocycles. The molecule has 0 radical (unpaired) electrons. The smallest absolute Gasteiger partial charge is 0.209 e. The topological polar surface area (TPSA) is 58.7 Å². The van der Waals surface area contributed by atoms with Gasteiger partial charge in [0, 0.05) is 6.04 Å². The summed E-state index contributed by atoms with van der Waals surface area (Å²) < 4.78 is 28.5. The number of nitrogens with one attached hydrogen (secondary N) is 1. The molecule has 1 fully saturated rings. The van der Waals surface area contributed by atoms with Crippen LogP contribution in [0.4, 0.5) is 0 Å². The molecule has 0 unspecified atom stereocenters. The van der Waals surface area contributed by atoms with Crippen LogP contribution < -0.4 is 4.72 Å². The summed E-state index contributed by atoms with van der Waals surface area (Å²) in [6, 6.07) is -0.0880. The SMILES string of the molecule is C[C@H](NS(C)(=O)=O)[C@@H]1CO1. The highest BCUT2D eigenvalue weighted by atomic mass is 32.2. The molecule has 0 aromatic heterocycles. The molecule has 0 aliphatic carbocycles. The van der Waals surface area contributed by atoms with Gasteiger partial charge in [0.1, 0.15) is 0 Å². The van der Waals surface area contributed by atoms with E-state index in [2.05, 4.69) is 4.72 Å². The van der Waals surface area contributed by atoms with E-state index in [0.29, 0.717) is 6.61 Å². The number of hydrogen-bond donors (Lipinski definition) is 1. The lowest BCUT2D eigenvalue weighted by atomic mass is 10.3. The van der Waals surface area contributed by atoms with Crippen LogP contribution in [-0.2, 0) is 14.8 Å². The van der Waals surface area contributed by atoms with Crippen LogP contribution in [0.3, 0.4) is 0 Å². The zero-order chi connectivity index (χ0) is 7.78. The molecule has 0 amide bonds. The standard InChI is InChI=1S/C5H11NO3S/c1-4(5-3-9-5)6-10(2,7)8/h4-6H,3H2,1-2H3/t4-,5-/m0/s1. The lowest BCUT2D eigenvalue weighted by Crippen LogP contribution is -2.35. The third-order valence-electron chi connectivity index (χ3n) is 1.32. The van der Waals surface area contributed by atoms with E-state index in [9.17, 15) is 8.42 Å². The van der Waals surface area contributed by atoms with E-state index in [1.165, 1.54) is 0 Å². The minimum Gasteiger partial charge on any atom is -0.371 e. The van der Waals surface area contributed by atoms with Crippen LogP contribution in [0.25, 0.3) is 0 Å². The van der Waals surface area contributed by atoms with Crippen LogP contribution in [0.2, 0.25) is 0 Å². The summed E-state index contributed by atoms with van der Waals surface area (Å²) in [6.07, 6.45) is 1.24. The second kappa shape index (κ2) is 2.48. The summed E-state index contributed by atoms with van der Waals surface area (Å²) >= 11 is 0. The number of hydrogen-bond acceptors (Lipinski definition) is 3. The predicted octanol–water partition coefficient (Wildman–Crippen LogP) is -0.677. The van der Waals surface area contributed by atoms with E-state index in [4.69, 9.17) is 4.74 Å². The van der Waals surface area contributed by atoms with E-state index in [0.717, 1.165) is 6.26 Å². The van der Waals surface area contributed by atoms with Crippen molar-refractivity contribution in [2.24, 2.45) is 0 Å². The zero-order valence-electron chi connectivity index (χ0n) is 5.99. The molecule has 1 saturated heterocycles. The van der Waals surface area contributed by atoms with E-state index < -0.39 is 10.0 Å². The van der Waals surface area contributed by atoms with Crippen LogP contribution in [0.15, 0.2) is 0 Å². The van der Waals surface area contributed by atoms with Crippen LogP contribution in [0.1, 0.15) is 6.92 Å². The lowest BCUT2D eigenvalue weighted by Gasteiger charge is -2.07. The molecule has 0 aromatic rings. The Kier molecular flexibility index (Phi) is 1.98. The van der Waals surface area contributed by atoms with Crippen molar-refractivity contribution in [1.82, 2.24) is 4.72 Å². The van der Waals surface area contributed by atoms with Gasteiger partial charge in [-0.15, -0.1) is 0 Å². The first-order valence-corrected chi connectivity index (χ1v) is 4.97. The molecule has 5 heteroatoms. The Morgan fingerprint density at radius 3 is 2.50 bits per heavy atom. The number of epoxide rings is 1. The Hall–Kier alpha value is -0.130. The summed E-state index contributed by atoms with van der Waals surface area (Å²) in [7, 11) is -3.06. The van der Waals surface area contributed by atoms with Crippen LogP contribution in [-0.4, -0.2) is 33.4 Å². The third-order valence-corrected chi connectivity index (χ3v) is 2.12. The molecule has 0 saturated carbocycles. The highest BCUT2D eigenvalue weighted by Crippen LogP contribution is 2.13. The van der Waals surface area contributed by atoms with Gasteiger partial charge in [0.2, 0.25) is 10.0 Å². The van der Waals surface area contributed by atoms with Crippen LogP contribution in [0.5, 0.6) is 0 Å².